The first-order chi connectivity index (χ1) is 9.94. The van der Waals surface area contributed by atoms with Gasteiger partial charge in [-0.1, -0.05) is 43.2 Å². The number of benzene rings is 1. The fourth-order valence-electron chi connectivity index (χ4n) is 2.54. The van der Waals surface area contributed by atoms with Gasteiger partial charge in [0, 0.05) is 12.0 Å². The Bertz CT molecular complexity index is 616. The second-order valence-electron chi connectivity index (χ2n) is 5.37. The molecule has 1 saturated carbocycles. The summed E-state index contributed by atoms with van der Waals surface area (Å²) in [5, 5.41) is 10.4. The van der Waals surface area contributed by atoms with E-state index in [0.717, 1.165) is 23.8 Å². The summed E-state index contributed by atoms with van der Waals surface area (Å²) in [5.74, 6) is -0.922. The maximum Gasteiger partial charge on any atom is 0.310 e. The van der Waals surface area contributed by atoms with Crippen molar-refractivity contribution in [2.24, 2.45) is 5.41 Å². The van der Waals surface area contributed by atoms with Gasteiger partial charge in [-0.2, -0.15) is 0 Å². The number of carboxylic acids is 1. The van der Waals surface area contributed by atoms with Crippen LogP contribution in [-0.4, -0.2) is 26.0 Å². The minimum absolute atomic E-state index is 0.0518. The normalized spacial score (nSPS) is 18.1. The zero-order chi connectivity index (χ0) is 15.3. The molecule has 0 saturated heterocycles. The largest absolute Gasteiger partial charge is 0.481 e. The zero-order valence-electron chi connectivity index (χ0n) is 11.7. The van der Waals surface area contributed by atoms with Crippen molar-refractivity contribution in [2.75, 3.05) is 6.54 Å². The van der Waals surface area contributed by atoms with Crippen LogP contribution in [-0.2, 0) is 14.8 Å². The first kappa shape index (κ1) is 15.7. The van der Waals surface area contributed by atoms with Gasteiger partial charge < -0.3 is 5.11 Å². The molecule has 114 valence electrons. The van der Waals surface area contributed by atoms with Crippen molar-refractivity contribution in [1.29, 1.82) is 0 Å². The van der Waals surface area contributed by atoms with E-state index in [1.54, 1.807) is 12.1 Å². The number of sulfonamides is 1. The Morgan fingerprint density at radius 3 is 2.43 bits per heavy atom. The van der Waals surface area contributed by atoms with Crippen LogP contribution in [0.25, 0.3) is 6.08 Å². The van der Waals surface area contributed by atoms with E-state index >= 15 is 0 Å². The quantitative estimate of drug-likeness (QED) is 0.844. The molecule has 0 atom stereocenters. The van der Waals surface area contributed by atoms with Crippen LogP contribution in [0.15, 0.2) is 35.7 Å². The van der Waals surface area contributed by atoms with Crippen LogP contribution in [0.1, 0.15) is 31.2 Å². The summed E-state index contributed by atoms with van der Waals surface area (Å²) in [6, 6.07) is 9.07. The van der Waals surface area contributed by atoms with E-state index < -0.39 is 21.4 Å². The molecule has 0 heterocycles. The molecule has 1 aliphatic rings. The number of rotatable bonds is 6. The molecule has 0 aliphatic heterocycles. The van der Waals surface area contributed by atoms with Crippen molar-refractivity contribution in [2.45, 2.75) is 25.7 Å². The van der Waals surface area contributed by atoms with Crippen molar-refractivity contribution in [3.8, 4) is 0 Å². The van der Waals surface area contributed by atoms with Gasteiger partial charge in [-0.25, -0.2) is 13.1 Å². The molecule has 0 aromatic heterocycles. The van der Waals surface area contributed by atoms with Gasteiger partial charge in [-0.3, -0.25) is 4.79 Å². The molecule has 5 nitrogen and oxygen atoms in total. The van der Waals surface area contributed by atoms with Gasteiger partial charge in [0.25, 0.3) is 0 Å². The van der Waals surface area contributed by atoms with E-state index in [0.29, 0.717) is 12.8 Å². The maximum absolute atomic E-state index is 11.9. The molecule has 0 amide bonds. The Morgan fingerprint density at radius 1 is 1.24 bits per heavy atom. The molecule has 1 fully saturated rings. The molecule has 6 heteroatoms. The lowest BCUT2D eigenvalue weighted by Gasteiger charge is -2.23. The lowest BCUT2D eigenvalue weighted by molar-refractivity contribution is -0.148. The van der Waals surface area contributed by atoms with E-state index in [1.807, 2.05) is 18.2 Å². The van der Waals surface area contributed by atoms with Gasteiger partial charge in [0.15, 0.2) is 0 Å². The summed E-state index contributed by atoms with van der Waals surface area (Å²) in [6.45, 7) is -0.0518. The van der Waals surface area contributed by atoms with Crippen LogP contribution in [0, 0.1) is 5.41 Å². The molecule has 1 aliphatic carbocycles. The van der Waals surface area contributed by atoms with Gasteiger partial charge in [0.2, 0.25) is 10.0 Å². The molecule has 21 heavy (non-hydrogen) atoms. The average molecular weight is 309 g/mol. The Balaban J connectivity index is 2.01. The lowest BCUT2D eigenvalue weighted by atomic mass is 9.87. The fourth-order valence-corrected chi connectivity index (χ4v) is 3.45. The Morgan fingerprint density at radius 2 is 1.86 bits per heavy atom. The molecule has 1 aromatic rings. The van der Waals surface area contributed by atoms with Gasteiger partial charge in [0.05, 0.1) is 5.41 Å². The van der Waals surface area contributed by atoms with Crippen LogP contribution in [0.4, 0.5) is 0 Å². The van der Waals surface area contributed by atoms with Crippen LogP contribution in [0.5, 0.6) is 0 Å². The Labute approximate surface area is 124 Å². The molecular formula is C15H19NO4S. The number of hydrogen-bond acceptors (Lipinski definition) is 3. The van der Waals surface area contributed by atoms with Crippen molar-refractivity contribution in [1.82, 2.24) is 4.72 Å². The second-order valence-corrected chi connectivity index (χ2v) is 7.02. The third-order valence-electron chi connectivity index (χ3n) is 3.87. The molecule has 0 radical (unpaired) electrons. The number of nitrogens with one attached hydrogen (secondary N) is 1. The second kappa shape index (κ2) is 6.41. The van der Waals surface area contributed by atoms with E-state index in [4.69, 9.17) is 0 Å². The van der Waals surface area contributed by atoms with Gasteiger partial charge in [-0.15, -0.1) is 0 Å². The highest BCUT2D eigenvalue weighted by molar-refractivity contribution is 7.92. The molecule has 1 aromatic carbocycles. The summed E-state index contributed by atoms with van der Waals surface area (Å²) in [5.41, 5.74) is -0.176. The van der Waals surface area contributed by atoms with Gasteiger partial charge in [-0.05, 0) is 24.5 Å². The van der Waals surface area contributed by atoms with Gasteiger partial charge >= 0.3 is 5.97 Å². The molecule has 2 N–H and O–H groups in total. The third kappa shape index (κ3) is 4.15. The standard InChI is InChI=1S/C15H19NO4S/c17-14(18)15(9-4-5-10-15)12-16-21(19,20)11-8-13-6-2-1-3-7-13/h1-3,6-8,11,16H,4-5,9-10,12H2,(H,17,18)/b11-8+. The van der Waals surface area contributed by atoms with Crippen molar-refractivity contribution < 1.29 is 18.3 Å². The average Bonchev–Trinajstić information content (AvgIpc) is 2.95. The monoisotopic (exact) mass is 309 g/mol. The smallest absolute Gasteiger partial charge is 0.310 e. The van der Waals surface area contributed by atoms with Crippen LogP contribution >= 0.6 is 0 Å². The van der Waals surface area contributed by atoms with Crippen molar-refractivity contribution in [3.05, 3.63) is 41.3 Å². The number of carbonyl (C=O) groups is 1. The lowest BCUT2D eigenvalue weighted by Crippen LogP contribution is -2.40. The first-order valence-electron chi connectivity index (χ1n) is 6.90. The van der Waals surface area contributed by atoms with E-state index in [-0.39, 0.29) is 6.54 Å². The Hall–Kier alpha value is -1.66. The summed E-state index contributed by atoms with van der Waals surface area (Å²) in [6.07, 6.45) is 4.19. The van der Waals surface area contributed by atoms with Gasteiger partial charge in [0.1, 0.15) is 0 Å². The Kier molecular flexibility index (Phi) is 4.80. The number of hydrogen-bond donors (Lipinski definition) is 2. The third-order valence-corrected chi connectivity index (χ3v) is 4.91. The minimum atomic E-state index is -3.63. The molecule has 0 bridgehead atoms. The van der Waals surface area contributed by atoms with E-state index in [2.05, 4.69) is 4.72 Å². The van der Waals surface area contributed by atoms with Crippen LogP contribution in [0.3, 0.4) is 0 Å². The summed E-state index contributed by atoms with van der Waals surface area (Å²) in [7, 11) is -3.63. The highest BCUT2D eigenvalue weighted by atomic mass is 32.2. The predicted molar refractivity (Wildman–Crippen MR) is 80.9 cm³/mol. The van der Waals surface area contributed by atoms with Crippen molar-refractivity contribution in [3.63, 3.8) is 0 Å². The predicted octanol–water partition coefficient (Wildman–Crippen LogP) is 2.22. The molecule has 2 rings (SSSR count). The highest BCUT2D eigenvalue weighted by Gasteiger charge is 2.41. The molecular weight excluding hydrogens is 290 g/mol. The van der Waals surface area contributed by atoms with Crippen molar-refractivity contribution >= 4 is 22.1 Å². The minimum Gasteiger partial charge on any atom is -0.481 e. The summed E-state index contributed by atoms with van der Waals surface area (Å²) in [4.78, 5) is 11.4. The number of aliphatic carboxylic acids is 1. The topological polar surface area (TPSA) is 83.5 Å². The van der Waals surface area contributed by atoms with E-state index in [1.165, 1.54) is 6.08 Å². The molecule has 0 spiro atoms. The maximum atomic E-state index is 11.9. The zero-order valence-corrected chi connectivity index (χ0v) is 12.5. The highest BCUT2D eigenvalue weighted by Crippen LogP contribution is 2.37. The number of carboxylic acid groups (broad SMARTS) is 1. The van der Waals surface area contributed by atoms with E-state index in [9.17, 15) is 18.3 Å². The summed E-state index contributed by atoms with van der Waals surface area (Å²) < 4.78 is 26.3. The fraction of sp³-hybridized carbons (Fsp3) is 0.400. The molecule has 0 unspecified atom stereocenters. The van der Waals surface area contributed by atoms with Crippen LogP contribution < -0.4 is 4.72 Å². The SMILES string of the molecule is O=C(O)C1(CNS(=O)(=O)/C=C/c2ccccc2)CCCC1. The first-order valence-corrected chi connectivity index (χ1v) is 8.44. The van der Waals surface area contributed by atoms with Crippen LogP contribution in [0.2, 0.25) is 0 Å². The summed E-state index contributed by atoms with van der Waals surface area (Å²) >= 11 is 0.